The number of pyridine rings is 1. The maximum atomic E-state index is 13.4. The Balaban J connectivity index is 2.09. The topological polar surface area (TPSA) is 48.1 Å². The molecular weight excluding hydrogens is 251 g/mol. The zero-order chi connectivity index (χ0) is 13.0. The zero-order valence-corrected chi connectivity index (χ0v) is 10.3. The molecule has 2 N–H and O–H groups in total. The van der Waals surface area contributed by atoms with Gasteiger partial charge in [0.05, 0.1) is 0 Å². The summed E-state index contributed by atoms with van der Waals surface area (Å²) >= 11 is 4.82. The average molecular weight is 262 g/mol. The van der Waals surface area contributed by atoms with Crippen LogP contribution in [0.1, 0.15) is 11.3 Å². The lowest BCUT2D eigenvalue weighted by molar-refractivity contribution is 0.299. The molecule has 0 spiro atoms. The molecule has 18 heavy (non-hydrogen) atoms. The normalized spacial score (nSPS) is 10.1. The molecule has 0 amide bonds. The van der Waals surface area contributed by atoms with Gasteiger partial charge in [-0.1, -0.05) is 30.4 Å². The van der Waals surface area contributed by atoms with Crippen LogP contribution in [-0.2, 0) is 6.61 Å². The molecule has 1 heterocycles. The maximum Gasteiger partial charge on any atom is 0.129 e. The summed E-state index contributed by atoms with van der Waals surface area (Å²) in [6.07, 6.45) is 1.55. The molecule has 1 aromatic carbocycles. The van der Waals surface area contributed by atoms with Crippen LogP contribution >= 0.6 is 12.2 Å². The smallest absolute Gasteiger partial charge is 0.129 e. The number of aromatic nitrogens is 1. The molecule has 0 saturated heterocycles. The van der Waals surface area contributed by atoms with E-state index in [4.69, 9.17) is 22.7 Å². The van der Waals surface area contributed by atoms with E-state index in [1.54, 1.807) is 36.5 Å². The standard InChI is InChI=1S/C13H11FN2OS/c14-11-4-2-1-3-9(11)8-17-10-5-6-16-12(7-10)13(15)18/h1-7H,8H2,(H2,15,18). The summed E-state index contributed by atoms with van der Waals surface area (Å²) in [7, 11) is 0. The summed E-state index contributed by atoms with van der Waals surface area (Å²) in [4.78, 5) is 4.19. The van der Waals surface area contributed by atoms with Gasteiger partial charge in [-0.15, -0.1) is 0 Å². The fourth-order valence-corrected chi connectivity index (χ4v) is 1.52. The number of ether oxygens (including phenoxy) is 1. The van der Waals surface area contributed by atoms with E-state index in [1.165, 1.54) is 6.07 Å². The SMILES string of the molecule is NC(=S)c1cc(OCc2ccccc2F)ccn1. The van der Waals surface area contributed by atoms with Crippen LogP contribution < -0.4 is 10.5 Å². The summed E-state index contributed by atoms with van der Waals surface area (Å²) in [5, 5.41) is 0. The predicted octanol–water partition coefficient (Wildman–Crippen LogP) is 2.43. The summed E-state index contributed by atoms with van der Waals surface area (Å²) in [5.74, 6) is 0.261. The first-order valence-electron chi connectivity index (χ1n) is 5.29. The van der Waals surface area contributed by atoms with Crippen molar-refractivity contribution in [3.63, 3.8) is 0 Å². The lowest BCUT2D eigenvalue weighted by Gasteiger charge is -2.07. The first kappa shape index (κ1) is 12.4. The molecule has 0 atom stereocenters. The van der Waals surface area contributed by atoms with Gasteiger partial charge in [0.1, 0.15) is 28.9 Å². The minimum Gasteiger partial charge on any atom is -0.489 e. The molecular formula is C13H11FN2OS. The van der Waals surface area contributed by atoms with Crippen molar-refractivity contribution in [2.24, 2.45) is 5.73 Å². The second kappa shape index (κ2) is 5.55. The van der Waals surface area contributed by atoms with Crippen molar-refractivity contribution >= 4 is 17.2 Å². The molecule has 0 aliphatic rings. The van der Waals surface area contributed by atoms with Crippen molar-refractivity contribution in [2.75, 3.05) is 0 Å². The number of benzene rings is 1. The van der Waals surface area contributed by atoms with E-state index in [2.05, 4.69) is 4.98 Å². The summed E-state index contributed by atoms with van der Waals surface area (Å²) in [6, 6.07) is 9.76. The predicted molar refractivity (Wildman–Crippen MR) is 70.9 cm³/mol. The zero-order valence-electron chi connectivity index (χ0n) is 9.47. The Hall–Kier alpha value is -2.01. The van der Waals surface area contributed by atoms with Crippen LogP contribution in [-0.4, -0.2) is 9.97 Å². The molecule has 2 aromatic rings. The lowest BCUT2D eigenvalue weighted by Crippen LogP contribution is -2.11. The molecule has 5 heteroatoms. The van der Waals surface area contributed by atoms with Gasteiger partial charge >= 0.3 is 0 Å². The Bertz CT molecular complexity index is 574. The number of nitrogens with two attached hydrogens (primary N) is 1. The van der Waals surface area contributed by atoms with Crippen LogP contribution in [0, 0.1) is 5.82 Å². The number of halogens is 1. The molecule has 0 saturated carbocycles. The summed E-state index contributed by atoms with van der Waals surface area (Å²) < 4.78 is 18.8. The quantitative estimate of drug-likeness (QED) is 0.860. The van der Waals surface area contributed by atoms with Crippen molar-refractivity contribution in [2.45, 2.75) is 6.61 Å². The van der Waals surface area contributed by atoms with Gasteiger partial charge in [0.15, 0.2) is 0 Å². The molecule has 0 aliphatic heterocycles. The first-order valence-corrected chi connectivity index (χ1v) is 5.69. The van der Waals surface area contributed by atoms with E-state index in [0.29, 0.717) is 17.0 Å². The third-order valence-corrected chi connectivity index (χ3v) is 2.55. The van der Waals surface area contributed by atoms with E-state index in [-0.39, 0.29) is 17.4 Å². The van der Waals surface area contributed by atoms with E-state index in [0.717, 1.165) is 0 Å². The Morgan fingerprint density at radius 3 is 2.83 bits per heavy atom. The minimum atomic E-state index is -0.291. The van der Waals surface area contributed by atoms with Crippen LogP contribution in [0.5, 0.6) is 5.75 Å². The van der Waals surface area contributed by atoms with E-state index in [9.17, 15) is 4.39 Å². The highest BCUT2D eigenvalue weighted by Gasteiger charge is 2.04. The second-order valence-electron chi connectivity index (χ2n) is 3.62. The van der Waals surface area contributed by atoms with Gasteiger partial charge in [-0.25, -0.2) is 4.39 Å². The Morgan fingerprint density at radius 2 is 2.11 bits per heavy atom. The van der Waals surface area contributed by atoms with Gasteiger partial charge in [-0.3, -0.25) is 4.98 Å². The molecule has 92 valence electrons. The highest BCUT2D eigenvalue weighted by molar-refractivity contribution is 7.80. The highest BCUT2D eigenvalue weighted by atomic mass is 32.1. The molecule has 0 fully saturated rings. The third-order valence-electron chi connectivity index (χ3n) is 2.34. The van der Waals surface area contributed by atoms with E-state index < -0.39 is 0 Å². The maximum absolute atomic E-state index is 13.4. The largest absolute Gasteiger partial charge is 0.489 e. The van der Waals surface area contributed by atoms with Crippen molar-refractivity contribution in [1.29, 1.82) is 0 Å². The fourth-order valence-electron chi connectivity index (χ4n) is 1.41. The summed E-state index contributed by atoms with van der Waals surface area (Å²) in [5.41, 5.74) is 6.44. The van der Waals surface area contributed by atoms with Gasteiger partial charge in [-0.2, -0.15) is 0 Å². The molecule has 0 aliphatic carbocycles. The molecule has 1 aromatic heterocycles. The van der Waals surface area contributed by atoms with Gasteiger partial charge in [0, 0.05) is 17.8 Å². The van der Waals surface area contributed by atoms with Gasteiger partial charge in [0.2, 0.25) is 0 Å². The lowest BCUT2D eigenvalue weighted by atomic mass is 10.2. The number of thiocarbonyl (C=S) groups is 1. The van der Waals surface area contributed by atoms with Crippen LogP contribution in [0.3, 0.4) is 0 Å². The number of nitrogens with zero attached hydrogens (tertiary/aromatic N) is 1. The molecule has 2 rings (SSSR count). The third kappa shape index (κ3) is 3.01. The summed E-state index contributed by atoms with van der Waals surface area (Å²) in [6.45, 7) is 0.146. The Labute approximate surface area is 109 Å². The Kier molecular flexibility index (Phi) is 3.84. The van der Waals surface area contributed by atoms with Crippen molar-refractivity contribution < 1.29 is 9.13 Å². The van der Waals surface area contributed by atoms with Gasteiger partial charge in [0.25, 0.3) is 0 Å². The van der Waals surface area contributed by atoms with Crippen LogP contribution in [0.25, 0.3) is 0 Å². The monoisotopic (exact) mass is 262 g/mol. The number of hydrogen-bond donors (Lipinski definition) is 1. The fraction of sp³-hybridized carbons (Fsp3) is 0.0769. The first-order chi connectivity index (χ1) is 8.66. The van der Waals surface area contributed by atoms with Crippen LogP contribution in [0.4, 0.5) is 4.39 Å². The van der Waals surface area contributed by atoms with E-state index in [1.807, 2.05) is 0 Å². The van der Waals surface area contributed by atoms with Crippen molar-refractivity contribution in [3.05, 3.63) is 59.7 Å². The molecule has 0 bridgehead atoms. The highest BCUT2D eigenvalue weighted by Crippen LogP contribution is 2.14. The average Bonchev–Trinajstić information content (AvgIpc) is 2.38. The van der Waals surface area contributed by atoms with Gasteiger partial charge in [-0.05, 0) is 12.1 Å². The van der Waals surface area contributed by atoms with Crippen LogP contribution in [0.15, 0.2) is 42.6 Å². The van der Waals surface area contributed by atoms with E-state index >= 15 is 0 Å². The second-order valence-corrected chi connectivity index (χ2v) is 4.06. The number of hydrogen-bond acceptors (Lipinski definition) is 3. The molecule has 0 radical (unpaired) electrons. The van der Waals surface area contributed by atoms with Crippen LogP contribution in [0.2, 0.25) is 0 Å². The van der Waals surface area contributed by atoms with Crippen molar-refractivity contribution in [3.8, 4) is 5.75 Å². The van der Waals surface area contributed by atoms with Crippen molar-refractivity contribution in [1.82, 2.24) is 4.98 Å². The molecule has 0 unspecified atom stereocenters. The Morgan fingerprint density at radius 1 is 1.33 bits per heavy atom. The number of rotatable bonds is 4. The molecule has 3 nitrogen and oxygen atoms in total. The minimum absolute atomic E-state index is 0.146. The van der Waals surface area contributed by atoms with Gasteiger partial charge < -0.3 is 10.5 Å².